The summed E-state index contributed by atoms with van der Waals surface area (Å²) in [5, 5.41) is 8.68. The second kappa shape index (κ2) is 8.87. The highest BCUT2D eigenvalue weighted by atomic mass is 31.2. The second-order valence-electron chi connectivity index (χ2n) is 6.01. The molecule has 0 saturated heterocycles. The van der Waals surface area contributed by atoms with Crippen LogP contribution < -0.4 is 5.32 Å². The van der Waals surface area contributed by atoms with Crippen molar-refractivity contribution in [3.63, 3.8) is 0 Å². The molecule has 0 heterocycles. The van der Waals surface area contributed by atoms with E-state index < -0.39 is 32.3 Å². The highest BCUT2D eigenvalue weighted by molar-refractivity contribution is 7.72. The molecule has 0 aromatic heterocycles. The molecule has 10 nitrogen and oxygen atoms in total. The molecule has 0 bridgehead atoms. The number of aliphatic hydroxyl groups is 1. The maximum atomic E-state index is 11.7. The van der Waals surface area contributed by atoms with Crippen molar-refractivity contribution >= 4 is 21.1 Å². The van der Waals surface area contributed by atoms with Crippen LogP contribution in [0.3, 0.4) is 0 Å². The van der Waals surface area contributed by atoms with Gasteiger partial charge in [0.2, 0.25) is 5.91 Å². The molecule has 0 rings (SSSR count). The topological polar surface area (TPSA) is 174 Å². The van der Waals surface area contributed by atoms with E-state index in [4.69, 9.17) is 24.3 Å². The van der Waals surface area contributed by atoms with E-state index in [2.05, 4.69) is 5.32 Å². The molecule has 0 aliphatic rings. The Morgan fingerprint density at radius 1 is 1.08 bits per heavy atom. The molecule has 0 fully saturated rings. The van der Waals surface area contributed by atoms with Gasteiger partial charge in [0, 0.05) is 26.0 Å². The van der Waals surface area contributed by atoms with Crippen molar-refractivity contribution in [2.24, 2.45) is 0 Å². The Morgan fingerprint density at radius 3 is 2.00 bits per heavy atom. The molecule has 0 aromatic carbocycles. The number of amides is 1. The van der Waals surface area contributed by atoms with E-state index in [0.29, 0.717) is 13.0 Å². The highest BCUT2D eigenvalue weighted by Gasteiger charge is 2.58. The quantitative estimate of drug-likeness (QED) is 0.216. The van der Waals surface area contributed by atoms with Crippen molar-refractivity contribution in [3.05, 3.63) is 0 Å². The van der Waals surface area contributed by atoms with Crippen LogP contribution in [0.15, 0.2) is 0 Å². The summed E-state index contributed by atoms with van der Waals surface area (Å²) in [5.41, 5.74) is -0.465. The smallest absolute Gasteiger partial charge is 0.369 e. The van der Waals surface area contributed by atoms with Gasteiger partial charge in [-0.05, 0) is 33.6 Å². The number of ether oxygens (including phenoxy) is 1. The van der Waals surface area contributed by atoms with Crippen LogP contribution in [-0.2, 0) is 18.7 Å². The molecule has 1 amide bonds. The lowest BCUT2D eigenvalue weighted by molar-refractivity contribution is -0.122. The van der Waals surface area contributed by atoms with Crippen LogP contribution in [0.25, 0.3) is 0 Å². The van der Waals surface area contributed by atoms with Crippen molar-refractivity contribution in [2.75, 3.05) is 13.2 Å². The second-order valence-corrected chi connectivity index (χ2v) is 10.0. The molecule has 6 N–H and O–H groups in total. The lowest BCUT2D eigenvalue weighted by Crippen LogP contribution is -2.32. The predicted molar refractivity (Wildman–Crippen MR) is 86.2 cm³/mol. The molecule has 0 aliphatic carbocycles. The summed E-state index contributed by atoms with van der Waals surface area (Å²) in [6.07, 6.45) is -0.449. The molecule has 0 spiro atoms. The van der Waals surface area contributed by atoms with Crippen LogP contribution in [0.2, 0.25) is 0 Å². The van der Waals surface area contributed by atoms with Crippen molar-refractivity contribution in [1.82, 2.24) is 5.32 Å². The van der Waals surface area contributed by atoms with Gasteiger partial charge in [-0.15, -0.1) is 0 Å². The SMILES string of the molecule is CCOC(C)(C)CCC(=O)NCCCC(O)(P(=O)(O)O)P(=O)(O)O. The molecule has 0 aliphatic heterocycles. The fraction of sp³-hybridized carbons (Fsp3) is 0.917. The van der Waals surface area contributed by atoms with Gasteiger partial charge in [0.1, 0.15) is 0 Å². The van der Waals surface area contributed by atoms with E-state index in [0.717, 1.165) is 0 Å². The van der Waals surface area contributed by atoms with E-state index in [9.17, 15) is 19.0 Å². The van der Waals surface area contributed by atoms with Gasteiger partial charge in [0.25, 0.3) is 5.08 Å². The van der Waals surface area contributed by atoms with Crippen molar-refractivity contribution in [2.45, 2.75) is 57.1 Å². The van der Waals surface area contributed by atoms with Gasteiger partial charge >= 0.3 is 15.2 Å². The van der Waals surface area contributed by atoms with Gasteiger partial charge in [0.05, 0.1) is 5.60 Å². The lowest BCUT2D eigenvalue weighted by atomic mass is 10.0. The first-order valence-electron chi connectivity index (χ1n) is 7.40. The first kappa shape index (κ1) is 23.7. The zero-order valence-electron chi connectivity index (χ0n) is 14.0. The monoisotopic (exact) mass is 391 g/mol. The Bertz CT molecular complexity index is 489. The number of carbonyl (C=O) groups excluding carboxylic acids is 1. The summed E-state index contributed by atoms with van der Waals surface area (Å²) in [5.74, 6) is -0.335. The molecule has 0 radical (unpaired) electrons. The van der Waals surface area contributed by atoms with Gasteiger partial charge in [-0.1, -0.05) is 0 Å². The van der Waals surface area contributed by atoms with Gasteiger partial charge in [0.15, 0.2) is 0 Å². The Labute approximate surface area is 140 Å². The van der Waals surface area contributed by atoms with Crippen LogP contribution in [0.4, 0.5) is 0 Å². The lowest BCUT2D eigenvalue weighted by Gasteiger charge is -2.29. The van der Waals surface area contributed by atoms with Gasteiger partial charge < -0.3 is 34.7 Å². The summed E-state index contributed by atoms with van der Waals surface area (Å²) >= 11 is 0. The van der Waals surface area contributed by atoms with Crippen LogP contribution in [-0.4, -0.2) is 54.4 Å². The normalized spacial score (nSPS) is 13.8. The first-order chi connectivity index (χ1) is 10.7. The van der Waals surface area contributed by atoms with Crippen molar-refractivity contribution < 1.29 is 43.3 Å². The maximum absolute atomic E-state index is 11.7. The van der Waals surface area contributed by atoms with Gasteiger partial charge in [-0.25, -0.2) is 0 Å². The standard InChI is InChI=1S/C12H27NO9P2/c1-4-22-11(2,3)8-6-10(14)13-9-5-7-12(15,23(16,17)18)24(19,20)21/h15H,4-9H2,1-3H3,(H,13,14)(H2,16,17,18)(H2,19,20,21). The number of carbonyl (C=O) groups is 1. The van der Waals surface area contributed by atoms with E-state index >= 15 is 0 Å². The molecule has 12 heteroatoms. The average Bonchev–Trinajstić information content (AvgIpc) is 2.38. The highest BCUT2D eigenvalue weighted by Crippen LogP contribution is 2.69. The molecule has 144 valence electrons. The molecule has 0 unspecified atom stereocenters. The number of nitrogens with one attached hydrogen (secondary N) is 1. The third-order valence-electron chi connectivity index (χ3n) is 3.43. The molecule has 0 saturated carbocycles. The van der Waals surface area contributed by atoms with E-state index in [1.165, 1.54) is 0 Å². The molecule has 0 aromatic rings. The zero-order chi connectivity index (χ0) is 19.2. The molecule has 24 heavy (non-hydrogen) atoms. The summed E-state index contributed by atoms with van der Waals surface area (Å²) in [6.45, 7) is 5.94. The number of hydrogen-bond donors (Lipinski definition) is 6. The van der Waals surface area contributed by atoms with Crippen molar-refractivity contribution in [1.29, 1.82) is 0 Å². The predicted octanol–water partition coefficient (Wildman–Crippen LogP) is 0.480. The summed E-state index contributed by atoms with van der Waals surface area (Å²) < 4.78 is 27.7. The van der Waals surface area contributed by atoms with Crippen molar-refractivity contribution in [3.8, 4) is 0 Å². The Kier molecular flexibility index (Phi) is 8.76. The number of hydrogen-bond acceptors (Lipinski definition) is 5. The first-order valence-corrected chi connectivity index (χ1v) is 10.6. The van der Waals surface area contributed by atoms with E-state index in [1.54, 1.807) is 0 Å². The fourth-order valence-corrected chi connectivity index (χ4v) is 4.24. The molecular weight excluding hydrogens is 364 g/mol. The van der Waals surface area contributed by atoms with Crippen LogP contribution in [0, 0.1) is 0 Å². The van der Waals surface area contributed by atoms with Gasteiger partial charge in [-0.2, -0.15) is 0 Å². The zero-order valence-corrected chi connectivity index (χ0v) is 15.8. The Morgan fingerprint density at radius 2 is 1.58 bits per heavy atom. The third-order valence-corrected chi connectivity index (χ3v) is 7.31. The minimum atomic E-state index is -5.45. The fourth-order valence-electron chi connectivity index (χ4n) is 1.98. The van der Waals surface area contributed by atoms with E-state index in [-0.39, 0.29) is 25.3 Å². The summed E-state index contributed by atoms with van der Waals surface area (Å²) in [6, 6.07) is 0. The minimum Gasteiger partial charge on any atom is -0.376 e. The van der Waals surface area contributed by atoms with E-state index in [1.807, 2.05) is 20.8 Å². The van der Waals surface area contributed by atoms with Crippen LogP contribution >= 0.6 is 15.2 Å². The van der Waals surface area contributed by atoms with Crippen LogP contribution in [0.1, 0.15) is 46.5 Å². The van der Waals surface area contributed by atoms with Crippen LogP contribution in [0.5, 0.6) is 0 Å². The largest absolute Gasteiger partial charge is 0.376 e. The van der Waals surface area contributed by atoms with Gasteiger partial charge in [-0.3, -0.25) is 13.9 Å². The average molecular weight is 391 g/mol. The Balaban J connectivity index is 4.40. The summed E-state index contributed by atoms with van der Waals surface area (Å²) in [4.78, 5) is 47.6. The summed E-state index contributed by atoms with van der Waals surface area (Å²) in [7, 11) is -10.9. The molecule has 0 atom stereocenters. The Hall–Kier alpha value is -0.310. The number of rotatable bonds is 11. The molecular formula is C12H27NO9P2. The maximum Gasteiger partial charge on any atom is 0.369 e. The third kappa shape index (κ3) is 7.29. The minimum absolute atomic E-state index is 0.0871.